The molecule has 3 aromatic heterocycles. The largest absolute Gasteiger partial charge is 0.316 e. The molecule has 3 rings (SSSR count). The van der Waals surface area contributed by atoms with Crippen LogP contribution in [-0.2, 0) is 16.6 Å². The predicted octanol–water partition coefficient (Wildman–Crippen LogP) is 3.89. The number of fused-ring (bicyclic) bond motifs is 1. The molecule has 5 nitrogen and oxygen atoms in total. The highest BCUT2D eigenvalue weighted by atomic mass is 32.1. The highest BCUT2D eigenvalue weighted by Gasteiger charge is 2.23. The lowest BCUT2D eigenvalue weighted by molar-refractivity contribution is -0.115. The summed E-state index contributed by atoms with van der Waals surface area (Å²) >= 11 is 1.34. The zero-order valence-corrected chi connectivity index (χ0v) is 14.9. The number of nitrogens with zero attached hydrogens (tertiary/aromatic N) is 3. The van der Waals surface area contributed by atoms with E-state index in [1.807, 2.05) is 26.2 Å². The van der Waals surface area contributed by atoms with Crippen molar-refractivity contribution in [2.24, 2.45) is 0 Å². The standard InChI is InChI=1S/C18H17FN4OS/c1-18(2,3)14-10-25-17(13(14)7-20)22-16(24)6-12-9-23-8-11(19)4-5-15(23)21-12/h4-5,8-10H,6H2,1-3H3,(H,22,24). The van der Waals surface area contributed by atoms with Crippen molar-refractivity contribution in [1.82, 2.24) is 9.38 Å². The van der Waals surface area contributed by atoms with E-state index in [2.05, 4.69) is 16.4 Å². The molecule has 0 aliphatic rings. The number of halogens is 1. The van der Waals surface area contributed by atoms with Crippen LogP contribution >= 0.6 is 11.3 Å². The highest BCUT2D eigenvalue weighted by molar-refractivity contribution is 7.14. The van der Waals surface area contributed by atoms with Gasteiger partial charge >= 0.3 is 0 Å². The van der Waals surface area contributed by atoms with Crippen LogP contribution in [0, 0.1) is 17.1 Å². The van der Waals surface area contributed by atoms with Crippen LogP contribution in [0.1, 0.15) is 37.6 Å². The molecular formula is C18H17FN4OS. The summed E-state index contributed by atoms with van der Waals surface area (Å²) in [6.45, 7) is 6.08. The SMILES string of the molecule is CC(C)(C)c1csc(NC(=O)Cc2cn3cc(F)ccc3n2)c1C#N. The molecule has 0 atom stereocenters. The van der Waals surface area contributed by atoms with Crippen molar-refractivity contribution in [2.45, 2.75) is 32.6 Å². The number of anilines is 1. The Balaban J connectivity index is 1.78. The molecule has 3 aromatic rings. The smallest absolute Gasteiger partial charge is 0.231 e. The fourth-order valence-corrected chi connectivity index (χ4v) is 3.70. The van der Waals surface area contributed by atoms with Gasteiger partial charge in [-0.3, -0.25) is 4.79 Å². The minimum Gasteiger partial charge on any atom is -0.316 e. The zero-order valence-electron chi connectivity index (χ0n) is 14.1. The van der Waals surface area contributed by atoms with Crippen molar-refractivity contribution in [1.29, 1.82) is 5.26 Å². The van der Waals surface area contributed by atoms with Gasteiger partial charge in [0.2, 0.25) is 5.91 Å². The maximum atomic E-state index is 13.2. The molecule has 0 aliphatic heterocycles. The lowest BCUT2D eigenvalue weighted by Crippen LogP contribution is -2.16. The number of carbonyl (C=O) groups is 1. The maximum Gasteiger partial charge on any atom is 0.231 e. The van der Waals surface area contributed by atoms with Crippen molar-refractivity contribution in [3.05, 3.63) is 52.5 Å². The van der Waals surface area contributed by atoms with E-state index in [4.69, 9.17) is 0 Å². The number of aromatic nitrogens is 2. The molecule has 1 N–H and O–H groups in total. The van der Waals surface area contributed by atoms with Gasteiger partial charge in [-0.25, -0.2) is 9.37 Å². The normalized spacial score (nSPS) is 11.5. The van der Waals surface area contributed by atoms with E-state index in [9.17, 15) is 14.4 Å². The minimum atomic E-state index is -0.368. The Morgan fingerprint density at radius 1 is 1.40 bits per heavy atom. The number of imidazole rings is 1. The first-order chi connectivity index (χ1) is 11.8. The van der Waals surface area contributed by atoms with Gasteiger partial charge in [0.05, 0.1) is 17.7 Å². The van der Waals surface area contributed by atoms with E-state index in [1.54, 1.807) is 16.7 Å². The Morgan fingerprint density at radius 2 is 2.16 bits per heavy atom. The number of pyridine rings is 1. The topological polar surface area (TPSA) is 70.2 Å². The molecule has 0 radical (unpaired) electrons. The van der Waals surface area contributed by atoms with Gasteiger partial charge < -0.3 is 9.72 Å². The van der Waals surface area contributed by atoms with Crippen molar-refractivity contribution in [3.63, 3.8) is 0 Å². The van der Waals surface area contributed by atoms with Gasteiger partial charge in [-0.1, -0.05) is 20.8 Å². The number of amides is 1. The Labute approximate surface area is 148 Å². The quantitative estimate of drug-likeness (QED) is 0.774. The summed E-state index contributed by atoms with van der Waals surface area (Å²) in [6, 6.07) is 5.06. The van der Waals surface area contributed by atoms with Crippen molar-refractivity contribution < 1.29 is 9.18 Å². The first-order valence-corrected chi connectivity index (χ1v) is 8.61. The van der Waals surface area contributed by atoms with Gasteiger partial charge in [-0.05, 0) is 28.5 Å². The van der Waals surface area contributed by atoms with E-state index in [-0.39, 0.29) is 23.6 Å². The number of hydrogen-bond acceptors (Lipinski definition) is 4. The van der Waals surface area contributed by atoms with Gasteiger partial charge in [0.25, 0.3) is 0 Å². The molecular weight excluding hydrogens is 339 g/mol. The van der Waals surface area contributed by atoms with E-state index in [0.29, 0.717) is 21.9 Å². The Kier molecular flexibility index (Phi) is 4.31. The van der Waals surface area contributed by atoms with Crippen LogP contribution in [0.2, 0.25) is 0 Å². The maximum absolute atomic E-state index is 13.2. The zero-order chi connectivity index (χ0) is 18.2. The molecule has 0 unspecified atom stereocenters. The summed E-state index contributed by atoms with van der Waals surface area (Å²) in [6.07, 6.45) is 2.99. The van der Waals surface area contributed by atoms with Gasteiger partial charge in [0.15, 0.2) is 0 Å². The molecule has 7 heteroatoms. The van der Waals surface area contributed by atoms with Gasteiger partial charge in [0, 0.05) is 12.4 Å². The number of thiophene rings is 1. The lowest BCUT2D eigenvalue weighted by Gasteiger charge is -2.17. The minimum absolute atomic E-state index is 0.0525. The number of carbonyl (C=O) groups excluding carboxylic acids is 1. The van der Waals surface area contributed by atoms with Crippen LogP contribution in [-0.4, -0.2) is 15.3 Å². The van der Waals surface area contributed by atoms with Gasteiger partial charge in [-0.15, -0.1) is 11.3 Å². The molecule has 0 aliphatic carbocycles. The van der Waals surface area contributed by atoms with E-state index >= 15 is 0 Å². The van der Waals surface area contributed by atoms with E-state index in [0.717, 1.165) is 5.56 Å². The second-order valence-electron chi connectivity index (χ2n) is 6.79. The second kappa shape index (κ2) is 6.30. The van der Waals surface area contributed by atoms with Crippen LogP contribution < -0.4 is 5.32 Å². The number of nitrogens with one attached hydrogen (secondary N) is 1. The summed E-state index contributed by atoms with van der Waals surface area (Å²) in [5, 5.41) is 14.7. The third-order valence-electron chi connectivity index (χ3n) is 3.77. The predicted molar refractivity (Wildman–Crippen MR) is 95.2 cm³/mol. The average molecular weight is 356 g/mol. The third-order valence-corrected chi connectivity index (χ3v) is 4.67. The summed E-state index contributed by atoms with van der Waals surface area (Å²) in [4.78, 5) is 16.6. The third kappa shape index (κ3) is 3.54. The van der Waals surface area contributed by atoms with E-state index in [1.165, 1.54) is 23.6 Å². The van der Waals surface area contributed by atoms with Crippen molar-refractivity contribution in [3.8, 4) is 6.07 Å². The summed E-state index contributed by atoms with van der Waals surface area (Å²) < 4.78 is 14.8. The van der Waals surface area contributed by atoms with Crippen molar-refractivity contribution in [2.75, 3.05) is 5.32 Å². The van der Waals surface area contributed by atoms with Gasteiger partial charge in [-0.2, -0.15) is 5.26 Å². The monoisotopic (exact) mass is 356 g/mol. The van der Waals surface area contributed by atoms with E-state index < -0.39 is 0 Å². The molecule has 3 heterocycles. The summed E-state index contributed by atoms with van der Waals surface area (Å²) in [7, 11) is 0. The van der Waals surface area contributed by atoms with Crippen LogP contribution in [0.4, 0.5) is 9.39 Å². The molecule has 0 saturated carbocycles. The molecule has 0 bridgehead atoms. The Bertz CT molecular complexity index is 991. The second-order valence-corrected chi connectivity index (χ2v) is 7.66. The number of hydrogen-bond donors (Lipinski definition) is 1. The van der Waals surface area contributed by atoms with Gasteiger partial charge in [0.1, 0.15) is 22.5 Å². The van der Waals surface area contributed by atoms with Crippen LogP contribution in [0.15, 0.2) is 29.9 Å². The van der Waals surface area contributed by atoms with Crippen LogP contribution in [0.3, 0.4) is 0 Å². The van der Waals surface area contributed by atoms with Crippen LogP contribution in [0.5, 0.6) is 0 Å². The highest BCUT2D eigenvalue weighted by Crippen LogP contribution is 2.35. The lowest BCUT2D eigenvalue weighted by atomic mass is 9.86. The molecule has 1 amide bonds. The fourth-order valence-electron chi connectivity index (χ4n) is 2.55. The molecule has 0 aromatic carbocycles. The molecule has 0 saturated heterocycles. The summed E-state index contributed by atoms with van der Waals surface area (Å²) in [5.41, 5.74) is 2.36. The van der Waals surface area contributed by atoms with Crippen LogP contribution in [0.25, 0.3) is 5.65 Å². The Hall–Kier alpha value is -2.72. The molecule has 128 valence electrons. The first kappa shape index (κ1) is 17.1. The first-order valence-electron chi connectivity index (χ1n) is 7.73. The molecule has 0 spiro atoms. The average Bonchev–Trinajstić information content (AvgIpc) is 3.09. The number of rotatable bonds is 3. The fraction of sp³-hybridized carbons (Fsp3) is 0.278. The number of nitriles is 1. The molecule has 0 fully saturated rings. The van der Waals surface area contributed by atoms with Crippen molar-refractivity contribution >= 4 is 27.9 Å². The molecule has 25 heavy (non-hydrogen) atoms. The summed E-state index contributed by atoms with van der Waals surface area (Å²) in [5.74, 6) is -0.629. The Morgan fingerprint density at radius 3 is 2.84 bits per heavy atom.